The molecule has 1 aliphatic heterocycles. The maximum absolute atomic E-state index is 15.3. The van der Waals surface area contributed by atoms with Crippen molar-refractivity contribution in [2.75, 3.05) is 24.5 Å². The number of piperazine rings is 1. The Bertz CT molecular complexity index is 1500. The third kappa shape index (κ3) is 3.65. The third-order valence-electron chi connectivity index (χ3n) is 6.73. The van der Waals surface area contributed by atoms with E-state index in [2.05, 4.69) is 32.8 Å². The molecule has 1 fully saturated rings. The third-order valence-corrected chi connectivity index (χ3v) is 7.71. The van der Waals surface area contributed by atoms with Gasteiger partial charge in [0.25, 0.3) is 5.56 Å². The number of aromatic nitrogens is 4. The van der Waals surface area contributed by atoms with E-state index in [9.17, 15) is 4.79 Å². The molecule has 1 saturated heterocycles. The molecular formula is C24H26FN7OS. The Kier molecular flexibility index (Phi) is 5.62. The first-order valence-electron chi connectivity index (χ1n) is 11.3. The van der Waals surface area contributed by atoms with Gasteiger partial charge in [0, 0.05) is 50.4 Å². The quantitative estimate of drug-likeness (QED) is 0.446. The SMILES string of the molecule is Cc1nc2ccc(C(C)N3CCN(c4cc(=O)n(C)n5cc(CC#N)nc45)C(C)C3)c(F)c2s1. The Hall–Kier alpha value is -3.29. The Labute approximate surface area is 200 Å². The molecule has 2 atom stereocenters. The monoisotopic (exact) mass is 479 g/mol. The molecule has 1 aromatic carbocycles. The number of hydrogen-bond donors (Lipinski definition) is 0. The highest BCUT2D eigenvalue weighted by Gasteiger charge is 2.31. The van der Waals surface area contributed by atoms with Gasteiger partial charge in [-0.3, -0.25) is 9.69 Å². The largest absolute Gasteiger partial charge is 0.363 e. The molecule has 0 saturated carbocycles. The number of halogens is 1. The van der Waals surface area contributed by atoms with Gasteiger partial charge < -0.3 is 4.90 Å². The summed E-state index contributed by atoms with van der Waals surface area (Å²) in [5, 5.41) is 9.93. The molecule has 5 rings (SSSR count). The zero-order valence-electron chi connectivity index (χ0n) is 19.6. The van der Waals surface area contributed by atoms with E-state index >= 15 is 4.39 Å². The molecule has 0 amide bonds. The summed E-state index contributed by atoms with van der Waals surface area (Å²) >= 11 is 1.39. The highest BCUT2D eigenvalue weighted by molar-refractivity contribution is 7.18. The molecule has 0 bridgehead atoms. The van der Waals surface area contributed by atoms with Gasteiger partial charge in [-0.05, 0) is 26.8 Å². The van der Waals surface area contributed by atoms with Crippen LogP contribution in [0.25, 0.3) is 15.9 Å². The van der Waals surface area contributed by atoms with Crippen LogP contribution in [0.1, 0.15) is 36.2 Å². The Morgan fingerprint density at radius 1 is 1.32 bits per heavy atom. The molecule has 176 valence electrons. The van der Waals surface area contributed by atoms with Gasteiger partial charge in [-0.1, -0.05) is 6.07 Å². The van der Waals surface area contributed by atoms with E-state index in [1.165, 1.54) is 16.0 Å². The maximum Gasteiger partial charge on any atom is 0.267 e. The van der Waals surface area contributed by atoms with Gasteiger partial charge in [-0.25, -0.2) is 23.6 Å². The number of rotatable bonds is 4. The number of fused-ring (bicyclic) bond motifs is 2. The topological polar surface area (TPSA) is 82.5 Å². The lowest BCUT2D eigenvalue weighted by atomic mass is 10.0. The van der Waals surface area contributed by atoms with Gasteiger partial charge in [-0.2, -0.15) is 5.26 Å². The van der Waals surface area contributed by atoms with E-state index in [0.29, 0.717) is 40.2 Å². The van der Waals surface area contributed by atoms with Crippen molar-refractivity contribution in [1.29, 1.82) is 5.26 Å². The summed E-state index contributed by atoms with van der Waals surface area (Å²) in [5.74, 6) is -0.179. The average Bonchev–Trinajstić information content (AvgIpc) is 3.40. The van der Waals surface area contributed by atoms with Crippen molar-refractivity contribution in [2.45, 2.75) is 39.3 Å². The van der Waals surface area contributed by atoms with E-state index in [1.54, 1.807) is 23.8 Å². The lowest BCUT2D eigenvalue weighted by Crippen LogP contribution is -2.53. The van der Waals surface area contributed by atoms with Crippen LogP contribution in [0.15, 0.2) is 29.2 Å². The summed E-state index contributed by atoms with van der Waals surface area (Å²) in [6.07, 6.45) is 1.93. The fraction of sp³-hybridized carbons (Fsp3) is 0.417. The molecule has 0 aliphatic carbocycles. The highest BCUT2D eigenvalue weighted by Crippen LogP contribution is 2.33. The van der Waals surface area contributed by atoms with Crippen LogP contribution < -0.4 is 10.5 Å². The fourth-order valence-corrected chi connectivity index (χ4v) is 5.75. The molecule has 1 aliphatic rings. The Balaban J connectivity index is 1.43. The number of nitrogens with zero attached hydrogens (tertiary/aromatic N) is 7. The highest BCUT2D eigenvalue weighted by atomic mass is 32.1. The Morgan fingerprint density at radius 3 is 2.85 bits per heavy atom. The normalized spacial score (nSPS) is 18.0. The summed E-state index contributed by atoms with van der Waals surface area (Å²) < 4.78 is 19.1. The van der Waals surface area contributed by atoms with Gasteiger partial charge in [0.1, 0.15) is 5.82 Å². The molecule has 34 heavy (non-hydrogen) atoms. The predicted molar refractivity (Wildman–Crippen MR) is 131 cm³/mol. The van der Waals surface area contributed by atoms with E-state index in [-0.39, 0.29) is 29.9 Å². The molecular weight excluding hydrogens is 453 g/mol. The van der Waals surface area contributed by atoms with Crippen LogP contribution in [-0.2, 0) is 13.5 Å². The number of nitriles is 1. The first kappa shape index (κ1) is 22.5. The van der Waals surface area contributed by atoms with Crippen molar-refractivity contribution in [3.63, 3.8) is 0 Å². The van der Waals surface area contributed by atoms with Crippen LogP contribution >= 0.6 is 11.3 Å². The average molecular weight is 480 g/mol. The van der Waals surface area contributed by atoms with Crippen LogP contribution in [-0.4, -0.2) is 49.7 Å². The van der Waals surface area contributed by atoms with E-state index in [4.69, 9.17) is 5.26 Å². The van der Waals surface area contributed by atoms with Gasteiger partial charge >= 0.3 is 0 Å². The fourth-order valence-electron chi connectivity index (χ4n) is 4.88. The van der Waals surface area contributed by atoms with Gasteiger partial charge in [0.05, 0.1) is 45.3 Å². The minimum Gasteiger partial charge on any atom is -0.363 e. The van der Waals surface area contributed by atoms with E-state index in [0.717, 1.165) is 17.2 Å². The first-order chi connectivity index (χ1) is 16.3. The second-order valence-corrected chi connectivity index (χ2v) is 10.1. The smallest absolute Gasteiger partial charge is 0.267 e. The maximum atomic E-state index is 15.3. The minimum absolute atomic E-state index is 0.0839. The number of benzene rings is 1. The van der Waals surface area contributed by atoms with Crippen LogP contribution in [0.2, 0.25) is 0 Å². The second-order valence-electron chi connectivity index (χ2n) is 8.89. The summed E-state index contributed by atoms with van der Waals surface area (Å²) in [4.78, 5) is 26.1. The van der Waals surface area contributed by atoms with Crippen molar-refractivity contribution in [3.8, 4) is 6.07 Å². The number of imidazole rings is 1. The van der Waals surface area contributed by atoms with Crippen molar-refractivity contribution in [3.05, 3.63) is 56.8 Å². The Morgan fingerprint density at radius 2 is 2.12 bits per heavy atom. The van der Waals surface area contributed by atoms with Crippen LogP contribution in [0, 0.1) is 24.1 Å². The summed E-state index contributed by atoms with van der Waals surface area (Å²) in [6.45, 7) is 8.16. The number of anilines is 1. The van der Waals surface area contributed by atoms with Crippen molar-refractivity contribution in [1.82, 2.24) is 24.1 Å². The van der Waals surface area contributed by atoms with Crippen LogP contribution in [0.4, 0.5) is 10.1 Å². The van der Waals surface area contributed by atoms with Gasteiger partial charge in [0.15, 0.2) is 5.65 Å². The van der Waals surface area contributed by atoms with Crippen molar-refractivity contribution >= 4 is 32.9 Å². The predicted octanol–water partition coefficient (Wildman–Crippen LogP) is 3.43. The van der Waals surface area contributed by atoms with E-state index < -0.39 is 0 Å². The van der Waals surface area contributed by atoms with Gasteiger partial charge in [-0.15, -0.1) is 11.3 Å². The van der Waals surface area contributed by atoms with E-state index in [1.807, 2.05) is 26.0 Å². The zero-order valence-corrected chi connectivity index (χ0v) is 20.4. The van der Waals surface area contributed by atoms with Crippen molar-refractivity contribution in [2.24, 2.45) is 7.05 Å². The summed E-state index contributed by atoms with van der Waals surface area (Å²) in [6, 6.07) is 7.49. The molecule has 0 spiro atoms. The standard InChI is InChI=1S/C24H26FN7OS/c1-14-12-30(15(2)18-5-6-19-23(22(18)25)34-16(3)27-19)9-10-31(14)20-11-21(33)29(4)32-13-17(7-8-26)28-24(20)32/h5-6,11,13-15H,7,9-10,12H2,1-4H3. The molecule has 3 aromatic heterocycles. The summed E-state index contributed by atoms with van der Waals surface area (Å²) in [7, 11) is 1.69. The zero-order chi connectivity index (χ0) is 24.1. The lowest BCUT2D eigenvalue weighted by molar-refractivity contribution is 0.173. The van der Waals surface area contributed by atoms with Crippen molar-refractivity contribution < 1.29 is 4.39 Å². The lowest BCUT2D eigenvalue weighted by Gasteiger charge is -2.43. The molecule has 4 heterocycles. The minimum atomic E-state index is -0.179. The molecule has 0 radical (unpaired) electrons. The first-order valence-corrected chi connectivity index (χ1v) is 12.1. The summed E-state index contributed by atoms with van der Waals surface area (Å²) in [5.41, 5.74) is 3.31. The molecule has 0 N–H and O–H groups in total. The molecule has 2 unspecified atom stereocenters. The molecule has 8 nitrogen and oxygen atoms in total. The number of hydrogen-bond acceptors (Lipinski definition) is 7. The van der Waals surface area contributed by atoms with Crippen LogP contribution in [0.3, 0.4) is 0 Å². The number of aryl methyl sites for hydroxylation is 2. The second kappa shape index (κ2) is 8.49. The number of thiazole rings is 1. The van der Waals surface area contributed by atoms with Gasteiger partial charge in [0.2, 0.25) is 0 Å². The molecule has 10 heteroatoms. The molecule has 4 aromatic rings. The van der Waals surface area contributed by atoms with Crippen LogP contribution in [0.5, 0.6) is 0 Å².